The number of hydrogen-bond donors (Lipinski definition) is 1. The first kappa shape index (κ1) is 12.7. The van der Waals surface area contributed by atoms with Crippen molar-refractivity contribution in [3.63, 3.8) is 0 Å². The number of nitriles is 1. The monoisotopic (exact) mass is 326 g/mol. The number of nitrogens with two attached hydrogens (primary N) is 1. The van der Waals surface area contributed by atoms with Crippen molar-refractivity contribution in [2.24, 2.45) is 0 Å². The molecule has 0 radical (unpaired) electrons. The van der Waals surface area contributed by atoms with E-state index < -0.39 is 0 Å². The molecule has 98 valence electrons. The highest BCUT2D eigenvalue weighted by atomic mass is 79.9. The van der Waals surface area contributed by atoms with Gasteiger partial charge in [-0.1, -0.05) is 22.0 Å². The number of aryl methyl sites for hydroxylation is 1. The molecule has 3 rings (SSSR count). The molecule has 4 nitrogen and oxygen atoms in total. The summed E-state index contributed by atoms with van der Waals surface area (Å²) in [6.07, 6.45) is 0. The van der Waals surface area contributed by atoms with E-state index in [0.717, 1.165) is 26.8 Å². The van der Waals surface area contributed by atoms with Gasteiger partial charge in [-0.25, -0.2) is 4.98 Å². The number of hydrogen-bond acceptors (Lipinski definition) is 3. The molecule has 0 atom stereocenters. The Hall–Kier alpha value is -2.32. The van der Waals surface area contributed by atoms with Gasteiger partial charge in [-0.3, -0.25) is 4.57 Å². The fourth-order valence-electron chi connectivity index (χ4n) is 2.25. The van der Waals surface area contributed by atoms with Gasteiger partial charge in [0.1, 0.15) is 6.07 Å². The second-order valence-corrected chi connectivity index (χ2v) is 5.49. The summed E-state index contributed by atoms with van der Waals surface area (Å²) in [6, 6.07) is 13.7. The van der Waals surface area contributed by atoms with Gasteiger partial charge in [0, 0.05) is 4.47 Å². The summed E-state index contributed by atoms with van der Waals surface area (Å²) in [7, 11) is 0. The molecule has 0 amide bonds. The first-order chi connectivity index (χ1) is 9.60. The molecule has 0 saturated carbocycles. The number of imidazole rings is 1. The SMILES string of the molecule is Cc1ccc2nc(N)n(-c3ccc(Br)cc3C#N)c2c1. The summed E-state index contributed by atoms with van der Waals surface area (Å²) in [5.74, 6) is 0.379. The topological polar surface area (TPSA) is 67.6 Å². The molecule has 0 saturated heterocycles. The number of aromatic nitrogens is 2. The molecule has 2 N–H and O–H groups in total. The van der Waals surface area contributed by atoms with Crippen molar-refractivity contribution in [2.45, 2.75) is 6.92 Å². The zero-order chi connectivity index (χ0) is 14.3. The zero-order valence-corrected chi connectivity index (χ0v) is 12.3. The van der Waals surface area contributed by atoms with Crippen LogP contribution < -0.4 is 5.73 Å². The van der Waals surface area contributed by atoms with Crippen molar-refractivity contribution < 1.29 is 0 Å². The smallest absolute Gasteiger partial charge is 0.205 e. The van der Waals surface area contributed by atoms with E-state index in [1.165, 1.54) is 0 Å². The standard InChI is InChI=1S/C15H11BrN4/c1-9-2-4-12-14(6-9)20(15(18)19-12)13-5-3-11(16)7-10(13)8-17/h2-7H,1H3,(H2,18,19). The number of nitrogens with zero attached hydrogens (tertiary/aromatic N) is 3. The van der Waals surface area contributed by atoms with Gasteiger partial charge >= 0.3 is 0 Å². The highest BCUT2D eigenvalue weighted by Crippen LogP contribution is 2.27. The van der Waals surface area contributed by atoms with Crippen LogP contribution in [0.1, 0.15) is 11.1 Å². The van der Waals surface area contributed by atoms with E-state index in [4.69, 9.17) is 5.73 Å². The maximum atomic E-state index is 9.31. The van der Waals surface area contributed by atoms with E-state index >= 15 is 0 Å². The second-order valence-electron chi connectivity index (χ2n) is 4.57. The summed E-state index contributed by atoms with van der Waals surface area (Å²) >= 11 is 3.37. The van der Waals surface area contributed by atoms with Crippen molar-refractivity contribution >= 4 is 32.9 Å². The fourth-order valence-corrected chi connectivity index (χ4v) is 2.61. The molecule has 0 aliphatic heterocycles. The molecule has 0 bridgehead atoms. The molecule has 0 fully saturated rings. The Labute approximate surface area is 124 Å². The van der Waals surface area contributed by atoms with Crippen LogP contribution in [-0.4, -0.2) is 9.55 Å². The summed E-state index contributed by atoms with van der Waals surface area (Å²) in [6.45, 7) is 2.01. The first-order valence-corrected chi connectivity index (χ1v) is 6.84. The molecule has 0 aliphatic carbocycles. The van der Waals surface area contributed by atoms with Gasteiger partial charge in [0.15, 0.2) is 0 Å². The lowest BCUT2D eigenvalue weighted by Gasteiger charge is -2.09. The molecule has 0 spiro atoms. The third-order valence-electron chi connectivity index (χ3n) is 3.16. The number of rotatable bonds is 1. The molecule has 20 heavy (non-hydrogen) atoms. The third-order valence-corrected chi connectivity index (χ3v) is 3.65. The largest absolute Gasteiger partial charge is 0.369 e. The van der Waals surface area contributed by atoms with Gasteiger partial charge in [-0.05, 0) is 42.8 Å². The summed E-state index contributed by atoms with van der Waals surface area (Å²) in [5, 5.41) is 9.31. The lowest BCUT2D eigenvalue weighted by atomic mass is 10.1. The maximum Gasteiger partial charge on any atom is 0.205 e. The molecule has 5 heteroatoms. The average Bonchev–Trinajstić information content (AvgIpc) is 2.74. The van der Waals surface area contributed by atoms with Crippen molar-refractivity contribution in [3.05, 3.63) is 52.0 Å². The van der Waals surface area contributed by atoms with E-state index in [0.29, 0.717) is 11.5 Å². The molecule has 3 aromatic rings. The van der Waals surface area contributed by atoms with E-state index in [2.05, 4.69) is 27.0 Å². The minimum Gasteiger partial charge on any atom is -0.369 e. The van der Waals surface area contributed by atoms with Crippen LogP contribution in [0.5, 0.6) is 0 Å². The van der Waals surface area contributed by atoms with Crippen molar-refractivity contribution in [1.82, 2.24) is 9.55 Å². The molecule has 1 heterocycles. The third kappa shape index (κ3) is 1.95. The summed E-state index contributed by atoms with van der Waals surface area (Å²) in [4.78, 5) is 4.35. The van der Waals surface area contributed by atoms with E-state index in [-0.39, 0.29) is 0 Å². The number of benzene rings is 2. The molecule has 2 aromatic carbocycles. The van der Waals surface area contributed by atoms with Crippen LogP contribution in [-0.2, 0) is 0 Å². The lowest BCUT2D eigenvalue weighted by molar-refractivity contribution is 1.10. The summed E-state index contributed by atoms with van der Waals surface area (Å²) < 4.78 is 2.67. The minimum atomic E-state index is 0.379. The highest BCUT2D eigenvalue weighted by molar-refractivity contribution is 9.10. The maximum absolute atomic E-state index is 9.31. The minimum absolute atomic E-state index is 0.379. The number of fused-ring (bicyclic) bond motifs is 1. The Kier molecular flexibility index (Phi) is 2.96. The van der Waals surface area contributed by atoms with Gasteiger partial charge in [0.25, 0.3) is 0 Å². The quantitative estimate of drug-likeness (QED) is 0.743. The Morgan fingerprint density at radius 1 is 1.25 bits per heavy atom. The Morgan fingerprint density at radius 2 is 2.05 bits per heavy atom. The molecule has 0 aliphatic rings. The van der Waals surface area contributed by atoms with Gasteiger partial charge in [0.2, 0.25) is 5.95 Å². The fraction of sp³-hybridized carbons (Fsp3) is 0.0667. The Morgan fingerprint density at radius 3 is 2.80 bits per heavy atom. The number of anilines is 1. The Bertz CT molecular complexity index is 858. The van der Waals surface area contributed by atoms with Crippen LogP contribution in [0, 0.1) is 18.3 Å². The first-order valence-electron chi connectivity index (χ1n) is 6.05. The van der Waals surface area contributed by atoms with Crippen LogP contribution in [0.2, 0.25) is 0 Å². The zero-order valence-electron chi connectivity index (χ0n) is 10.8. The molecule has 1 aromatic heterocycles. The van der Waals surface area contributed by atoms with E-state index in [1.54, 1.807) is 6.07 Å². The van der Waals surface area contributed by atoms with Crippen molar-refractivity contribution in [1.29, 1.82) is 5.26 Å². The molecular formula is C15H11BrN4. The van der Waals surface area contributed by atoms with Crippen LogP contribution >= 0.6 is 15.9 Å². The molecular weight excluding hydrogens is 316 g/mol. The average molecular weight is 327 g/mol. The van der Waals surface area contributed by atoms with Gasteiger partial charge < -0.3 is 5.73 Å². The number of nitrogen functional groups attached to an aromatic ring is 1. The van der Waals surface area contributed by atoms with Crippen molar-refractivity contribution in [2.75, 3.05) is 5.73 Å². The summed E-state index contributed by atoms with van der Waals surface area (Å²) in [5.41, 5.74) is 10.2. The van der Waals surface area contributed by atoms with Crippen LogP contribution in [0.4, 0.5) is 5.95 Å². The second kappa shape index (κ2) is 4.66. The van der Waals surface area contributed by atoms with E-state index in [9.17, 15) is 5.26 Å². The normalized spacial score (nSPS) is 10.7. The predicted octanol–water partition coefficient (Wildman–Crippen LogP) is 3.55. The van der Waals surface area contributed by atoms with Gasteiger partial charge in [0.05, 0.1) is 22.3 Å². The predicted molar refractivity (Wildman–Crippen MR) is 82.6 cm³/mol. The molecule has 0 unspecified atom stereocenters. The Balaban J connectivity index is 2.38. The van der Waals surface area contributed by atoms with E-state index in [1.807, 2.05) is 41.8 Å². The lowest BCUT2D eigenvalue weighted by Crippen LogP contribution is -2.02. The highest BCUT2D eigenvalue weighted by Gasteiger charge is 2.13. The van der Waals surface area contributed by atoms with Crippen LogP contribution in [0.3, 0.4) is 0 Å². The van der Waals surface area contributed by atoms with Crippen LogP contribution in [0.15, 0.2) is 40.9 Å². The van der Waals surface area contributed by atoms with Crippen LogP contribution in [0.25, 0.3) is 16.7 Å². The van der Waals surface area contributed by atoms with Crippen molar-refractivity contribution in [3.8, 4) is 11.8 Å². The van der Waals surface area contributed by atoms with Gasteiger partial charge in [-0.15, -0.1) is 0 Å². The van der Waals surface area contributed by atoms with Gasteiger partial charge in [-0.2, -0.15) is 5.26 Å². The number of halogens is 1.